The monoisotopic (exact) mass is 199 g/mol. The van der Waals surface area contributed by atoms with Crippen LogP contribution >= 0.6 is 0 Å². The number of hydrogen-bond acceptors (Lipinski definition) is 1. The molecule has 1 aromatic carbocycles. The van der Waals surface area contributed by atoms with Crippen LogP contribution in [0, 0.1) is 11.6 Å². The zero-order chi connectivity index (χ0) is 10.8. The highest BCUT2D eigenvalue weighted by Gasteiger charge is 2.24. The molecule has 0 aliphatic carbocycles. The SMILES string of the molecule is CNCC(C)(C)c1cccc(F)c1F. The van der Waals surface area contributed by atoms with E-state index in [0.29, 0.717) is 12.1 Å². The Kier molecular flexibility index (Phi) is 3.21. The van der Waals surface area contributed by atoms with Crippen LogP contribution in [0.5, 0.6) is 0 Å². The largest absolute Gasteiger partial charge is 0.319 e. The standard InChI is InChI=1S/C11H15F2N/c1-11(2,7-14-3)8-5-4-6-9(12)10(8)13/h4-6,14H,7H2,1-3H3. The van der Waals surface area contributed by atoms with E-state index in [1.165, 1.54) is 6.07 Å². The number of hydrogen-bond donors (Lipinski definition) is 1. The second kappa shape index (κ2) is 4.05. The van der Waals surface area contributed by atoms with E-state index in [4.69, 9.17) is 0 Å². The Hall–Kier alpha value is -0.960. The molecule has 0 amide bonds. The van der Waals surface area contributed by atoms with Gasteiger partial charge in [-0.3, -0.25) is 0 Å². The Morgan fingerprint density at radius 3 is 2.50 bits per heavy atom. The van der Waals surface area contributed by atoms with E-state index in [0.717, 1.165) is 6.07 Å². The van der Waals surface area contributed by atoms with Crippen molar-refractivity contribution in [3.8, 4) is 0 Å². The molecule has 0 aliphatic rings. The van der Waals surface area contributed by atoms with E-state index in [2.05, 4.69) is 5.32 Å². The first kappa shape index (κ1) is 11.1. The topological polar surface area (TPSA) is 12.0 Å². The van der Waals surface area contributed by atoms with Crippen LogP contribution in [0.2, 0.25) is 0 Å². The number of likely N-dealkylation sites (N-methyl/N-ethyl adjacent to an activating group) is 1. The van der Waals surface area contributed by atoms with Gasteiger partial charge in [-0.25, -0.2) is 8.78 Å². The Bertz CT molecular complexity index is 321. The third kappa shape index (κ3) is 2.10. The first-order valence-corrected chi connectivity index (χ1v) is 4.58. The molecule has 0 unspecified atom stereocenters. The summed E-state index contributed by atoms with van der Waals surface area (Å²) in [5.74, 6) is -1.53. The van der Waals surface area contributed by atoms with Gasteiger partial charge in [0.1, 0.15) is 0 Å². The molecule has 3 heteroatoms. The Balaban J connectivity index is 3.12. The number of benzene rings is 1. The van der Waals surface area contributed by atoms with Crippen molar-refractivity contribution in [1.82, 2.24) is 5.32 Å². The molecular weight excluding hydrogens is 184 g/mol. The molecule has 0 aromatic heterocycles. The van der Waals surface area contributed by atoms with Crippen LogP contribution in [0.3, 0.4) is 0 Å². The van der Waals surface area contributed by atoms with Crippen molar-refractivity contribution in [1.29, 1.82) is 0 Å². The zero-order valence-corrected chi connectivity index (χ0v) is 8.70. The second-order valence-electron chi connectivity index (χ2n) is 4.02. The summed E-state index contributed by atoms with van der Waals surface area (Å²) in [5, 5.41) is 2.96. The number of rotatable bonds is 3. The van der Waals surface area contributed by atoms with Crippen LogP contribution in [0.15, 0.2) is 18.2 Å². The molecule has 0 saturated heterocycles. The Labute approximate surface area is 83.1 Å². The molecule has 1 N–H and O–H groups in total. The molecule has 1 aromatic rings. The highest BCUT2D eigenvalue weighted by Crippen LogP contribution is 2.26. The Morgan fingerprint density at radius 1 is 1.29 bits per heavy atom. The molecule has 0 spiro atoms. The van der Waals surface area contributed by atoms with Crippen molar-refractivity contribution < 1.29 is 8.78 Å². The van der Waals surface area contributed by atoms with Gasteiger partial charge in [-0.05, 0) is 18.7 Å². The summed E-state index contributed by atoms with van der Waals surface area (Å²) in [6, 6.07) is 4.29. The van der Waals surface area contributed by atoms with Crippen molar-refractivity contribution in [3.05, 3.63) is 35.4 Å². The van der Waals surface area contributed by atoms with Gasteiger partial charge in [0.15, 0.2) is 11.6 Å². The first-order chi connectivity index (χ1) is 6.49. The van der Waals surface area contributed by atoms with Gasteiger partial charge in [0.05, 0.1) is 0 Å². The first-order valence-electron chi connectivity index (χ1n) is 4.58. The van der Waals surface area contributed by atoms with Crippen molar-refractivity contribution in [2.75, 3.05) is 13.6 Å². The normalized spacial score (nSPS) is 11.8. The lowest BCUT2D eigenvalue weighted by atomic mass is 9.84. The van der Waals surface area contributed by atoms with E-state index < -0.39 is 17.0 Å². The van der Waals surface area contributed by atoms with Crippen molar-refractivity contribution in [2.24, 2.45) is 0 Å². The molecule has 0 heterocycles. The highest BCUT2D eigenvalue weighted by molar-refractivity contribution is 5.26. The molecule has 0 fully saturated rings. The molecule has 0 atom stereocenters. The lowest BCUT2D eigenvalue weighted by molar-refractivity contribution is 0.435. The number of halogens is 2. The fourth-order valence-electron chi connectivity index (χ4n) is 1.56. The number of nitrogens with one attached hydrogen (secondary N) is 1. The van der Waals surface area contributed by atoms with Crippen LogP contribution < -0.4 is 5.32 Å². The van der Waals surface area contributed by atoms with E-state index >= 15 is 0 Å². The van der Waals surface area contributed by atoms with Crippen molar-refractivity contribution in [2.45, 2.75) is 19.3 Å². The van der Waals surface area contributed by atoms with Crippen LogP contribution in [0.25, 0.3) is 0 Å². The van der Waals surface area contributed by atoms with E-state index in [-0.39, 0.29) is 0 Å². The molecular formula is C11H15F2N. The minimum atomic E-state index is -0.785. The van der Waals surface area contributed by atoms with E-state index in [1.54, 1.807) is 13.1 Å². The lowest BCUT2D eigenvalue weighted by Gasteiger charge is -2.25. The average molecular weight is 199 g/mol. The quantitative estimate of drug-likeness (QED) is 0.788. The van der Waals surface area contributed by atoms with E-state index in [1.807, 2.05) is 13.8 Å². The molecule has 0 aliphatic heterocycles. The maximum Gasteiger partial charge on any atom is 0.162 e. The summed E-state index contributed by atoms with van der Waals surface area (Å²) in [5.41, 5.74) is 0.00727. The predicted molar refractivity (Wildman–Crippen MR) is 53.3 cm³/mol. The summed E-state index contributed by atoms with van der Waals surface area (Å²) in [7, 11) is 1.79. The highest BCUT2D eigenvalue weighted by atomic mass is 19.2. The van der Waals surface area contributed by atoms with Gasteiger partial charge in [0.2, 0.25) is 0 Å². The molecule has 0 radical (unpaired) electrons. The van der Waals surface area contributed by atoms with Crippen LogP contribution in [-0.2, 0) is 5.41 Å². The minimum absolute atomic E-state index is 0.402. The van der Waals surface area contributed by atoms with Gasteiger partial charge in [-0.15, -0.1) is 0 Å². The fourth-order valence-corrected chi connectivity index (χ4v) is 1.56. The summed E-state index contributed by atoms with van der Waals surface area (Å²) in [6.07, 6.45) is 0. The van der Waals surface area contributed by atoms with Gasteiger partial charge in [0.25, 0.3) is 0 Å². The van der Waals surface area contributed by atoms with Gasteiger partial charge in [-0.2, -0.15) is 0 Å². The van der Waals surface area contributed by atoms with Crippen LogP contribution in [0.1, 0.15) is 19.4 Å². The zero-order valence-electron chi connectivity index (χ0n) is 8.70. The third-order valence-corrected chi connectivity index (χ3v) is 2.30. The fraction of sp³-hybridized carbons (Fsp3) is 0.455. The van der Waals surface area contributed by atoms with Gasteiger partial charge in [-0.1, -0.05) is 26.0 Å². The van der Waals surface area contributed by atoms with E-state index in [9.17, 15) is 8.78 Å². The smallest absolute Gasteiger partial charge is 0.162 e. The molecule has 0 saturated carbocycles. The molecule has 0 bridgehead atoms. The molecule has 1 nitrogen and oxygen atoms in total. The van der Waals surface area contributed by atoms with Crippen LogP contribution in [-0.4, -0.2) is 13.6 Å². The second-order valence-corrected chi connectivity index (χ2v) is 4.02. The molecule has 14 heavy (non-hydrogen) atoms. The predicted octanol–water partition coefficient (Wildman–Crippen LogP) is 2.46. The average Bonchev–Trinajstić information content (AvgIpc) is 2.09. The maximum atomic E-state index is 13.4. The minimum Gasteiger partial charge on any atom is -0.319 e. The Morgan fingerprint density at radius 2 is 1.93 bits per heavy atom. The molecule has 78 valence electrons. The lowest BCUT2D eigenvalue weighted by Crippen LogP contribution is -2.31. The summed E-state index contributed by atoms with van der Waals surface area (Å²) < 4.78 is 26.4. The van der Waals surface area contributed by atoms with Crippen molar-refractivity contribution >= 4 is 0 Å². The third-order valence-electron chi connectivity index (χ3n) is 2.30. The summed E-state index contributed by atoms with van der Waals surface area (Å²) >= 11 is 0. The van der Waals surface area contributed by atoms with Gasteiger partial charge in [0, 0.05) is 12.0 Å². The summed E-state index contributed by atoms with van der Waals surface area (Å²) in [4.78, 5) is 0. The molecule has 1 rings (SSSR count). The van der Waals surface area contributed by atoms with Crippen molar-refractivity contribution in [3.63, 3.8) is 0 Å². The van der Waals surface area contributed by atoms with Gasteiger partial charge < -0.3 is 5.32 Å². The van der Waals surface area contributed by atoms with Crippen LogP contribution in [0.4, 0.5) is 8.78 Å². The van der Waals surface area contributed by atoms with Gasteiger partial charge >= 0.3 is 0 Å². The summed E-state index contributed by atoms with van der Waals surface area (Å²) in [6.45, 7) is 4.36. The maximum absolute atomic E-state index is 13.4.